The van der Waals surface area contributed by atoms with Gasteiger partial charge in [-0.15, -0.1) is 0 Å². The van der Waals surface area contributed by atoms with Crippen LogP contribution in [0.1, 0.15) is 22.8 Å². The highest BCUT2D eigenvalue weighted by atomic mass is 32.2. The van der Waals surface area contributed by atoms with Crippen molar-refractivity contribution in [3.05, 3.63) is 65.7 Å². The highest BCUT2D eigenvalue weighted by molar-refractivity contribution is 7.89. The van der Waals surface area contributed by atoms with Crippen molar-refractivity contribution >= 4 is 15.9 Å². The quantitative estimate of drug-likeness (QED) is 0.872. The molecule has 0 aliphatic rings. The van der Waals surface area contributed by atoms with Crippen LogP contribution in [0.4, 0.5) is 0 Å². The fourth-order valence-corrected chi connectivity index (χ4v) is 3.38. The van der Waals surface area contributed by atoms with E-state index in [1.165, 1.54) is 12.1 Å². The van der Waals surface area contributed by atoms with E-state index >= 15 is 0 Å². The van der Waals surface area contributed by atoms with Crippen molar-refractivity contribution in [3.8, 4) is 0 Å². The molecule has 0 saturated carbocycles. The van der Waals surface area contributed by atoms with Crippen molar-refractivity contribution in [2.75, 3.05) is 6.54 Å². The van der Waals surface area contributed by atoms with E-state index in [-0.39, 0.29) is 11.4 Å². The molecule has 110 valence electrons. The highest BCUT2D eigenvalue weighted by Gasteiger charge is 2.28. The van der Waals surface area contributed by atoms with Crippen LogP contribution in [0.15, 0.2) is 59.5 Å². The third kappa shape index (κ3) is 3.13. The van der Waals surface area contributed by atoms with Crippen molar-refractivity contribution in [3.63, 3.8) is 0 Å². The number of nitrogens with zero attached hydrogens (tertiary/aromatic N) is 1. The zero-order chi connectivity index (χ0) is 15.5. The van der Waals surface area contributed by atoms with Crippen LogP contribution in [0.2, 0.25) is 0 Å². The topological polar surface area (TPSA) is 54.5 Å². The lowest BCUT2D eigenvalue weighted by Gasteiger charge is -2.21. The Morgan fingerprint density at radius 2 is 1.57 bits per heavy atom. The molecule has 1 amide bonds. The first kappa shape index (κ1) is 15.3. The monoisotopic (exact) mass is 303 g/mol. The molecule has 2 aromatic rings. The van der Waals surface area contributed by atoms with E-state index in [1.807, 2.05) is 6.92 Å². The predicted octanol–water partition coefficient (Wildman–Crippen LogP) is 2.85. The molecule has 21 heavy (non-hydrogen) atoms. The van der Waals surface area contributed by atoms with Gasteiger partial charge in [-0.25, -0.2) is 12.7 Å². The summed E-state index contributed by atoms with van der Waals surface area (Å²) in [5.41, 5.74) is 1.32. The summed E-state index contributed by atoms with van der Waals surface area (Å²) >= 11 is 0. The average Bonchev–Trinajstić information content (AvgIpc) is 2.49. The fraction of sp³-hybridized carbons (Fsp3) is 0.188. The summed E-state index contributed by atoms with van der Waals surface area (Å²) in [5.74, 6) is -0.515. The Morgan fingerprint density at radius 1 is 1.00 bits per heavy atom. The van der Waals surface area contributed by atoms with E-state index < -0.39 is 15.9 Å². The van der Waals surface area contributed by atoms with Crippen molar-refractivity contribution in [2.24, 2.45) is 0 Å². The highest BCUT2D eigenvalue weighted by Crippen LogP contribution is 2.18. The lowest BCUT2D eigenvalue weighted by molar-refractivity contribution is 0.0866. The number of amides is 1. The Bertz CT molecular complexity index is 722. The number of benzene rings is 2. The first-order valence-corrected chi connectivity index (χ1v) is 8.09. The van der Waals surface area contributed by atoms with Gasteiger partial charge in [0.05, 0.1) is 4.90 Å². The van der Waals surface area contributed by atoms with E-state index in [4.69, 9.17) is 0 Å². The van der Waals surface area contributed by atoms with Gasteiger partial charge in [-0.05, 0) is 38.1 Å². The second kappa shape index (κ2) is 6.10. The van der Waals surface area contributed by atoms with E-state index in [9.17, 15) is 13.2 Å². The first-order chi connectivity index (χ1) is 9.96. The molecule has 0 aliphatic carbocycles. The van der Waals surface area contributed by atoms with Gasteiger partial charge in [0, 0.05) is 12.1 Å². The molecule has 0 radical (unpaired) electrons. The van der Waals surface area contributed by atoms with Gasteiger partial charge in [-0.3, -0.25) is 4.79 Å². The number of sulfonamides is 1. The molecule has 4 nitrogen and oxygen atoms in total. The lowest BCUT2D eigenvalue weighted by Crippen LogP contribution is -2.36. The van der Waals surface area contributed by atoms with Crippen LogP contribution in [0.5, 0.6) is 0 Å². The predicted molar refractivity (Wildman–Crippen MR) is 81.5 cm³/mol. The van der Waals surface area contributed by atoms with Crippen molar-refractivity contribution in [1.29, 1.82) is 0 Å². The van der Waals surface area contributed by atoms with Crippen LogP contribution in [-0.2, 0) is 10.0 Å². The Labute approximate surface area is 125 Å². The minimum absolute atomic E-state index is 0.0872. The SMILES string of the molecule is CCN(C(=O)c1ccccc1)S(=O)(=O)c1ccc(C)cc1. The van der Waals surface area contributed by atoms with Crippen LogP contribution >= 0.6 is 0 Å². The third-order valence-corrected chi connectivity index (χ3v) is 5.02. The number of hydrogen-bond donors (Lipinski definition) is 0. The summed E-state index contributed by atoms with van der Waals surface area (Å²) in [6.45, 7) is 3.61. The summed E-state index contributed by atoms with van der Waals surface area (Å²) in [7, 11) is -3.83. The van der Waals surface area contributed by atoms with Gasteiger partial charge in [-0.2, -0.15) is 0 Å². The van der Waals surface area contributed by atoms with Gasteiger partial charge in [-0.1, -0.05) is 35.9 Å². The largest absolute Gasteiger partial charge is 0.268 e. The van der Waals surface area contributed by atoms with Gasteiger partial charge in [0.25, 0.3) is 15.9 Å². The summed E-state index contributed by atoms with van der Waals surface area (Å²) in [6, 6.07) is 14.9. The first-order valence-electron chi connectivity index (χ1n) is 6.65. The number of hydrogen-bond acceptors (Lipinski definition) is 3. The van der Waals surface area contributed by atoms with E-state index in [0.29, 0.717) is 5.56 Å². The molecule has 5 heteroatoms. The molecule has 0 fully saturated rings. The molecule has 0 heterocycles. The van der Waals surface area contributed by atoms with Gasteiger partial charge < -0.3 is 0 Å². The maximum Gasteiger partial charge on any atom is 0.267 e. The number of carbonyl (C=O) groups excluding carboxylic acids is 1. The molecule has 0 aliphatic heterocycles. The Hall–Kier alpha value is -2.14. The minimum atomic E-state index is -3.83. The average molecular weight is 303 g/mol. The van der Waals surface area contributed by atoms with Gasteiger partial charge in [0.1, 0.15) is 0 Å². The van der Waals surface area contributed by atoms with Crippen LogP contribution < -0.4 is 0 Å². The maximum absolute atomic E-state index is 12.6. The van der Waals surface area contributed by atoms with Crippen molar-refractivity contribution in [1.82, 2.24) is 4.31 Å². The molecule has 0 atom stereocenters. The second-order valence-corrected chi connectivity index (χ2v) is 6.52. The number of aryl methyl sites for hydroxylation is 1. The smallest absolute Gasteiger partial charge is 0.267 e. The van der Waals surface area contributed by atoms with Gasteiger partial charge >= 0.3 is 0 Å². The van der Waals surface area contributed by atoms with E-state index in [0.717, 1.165) is 9.87 Å². The maximum atomic E-state index is 12.6. The number of rotatable bonds is 4. The summed E-state index contributed by atoms with van der Waals surface area (Å²) < 4.78 is 26.1. The Kier molecular flexibility index (Phi) is 4.43. The van der Waals surface area contributed by atoms with E-state index in [2.05, 4.69) is 0 Å². The Morgan fingerprint density at radius 3 is 2.10 bits per heavy atom. The standard InChI is InChI=1S/C16H17NO3S/c1-3-17(16(18)14-7-5-4-6-8-14)21(19,20)15-11-9-13(2)10-12-15/h4-12H,3H2,1-2H3. The van der Waals surface area contributed by atoms with Gasteiger partial charge in [0.2, 0.25) is 0 Å². The zero-order valence-electron chi connectivity index (χ0n) is 12.0. The molecule has 0 saturated heterocycles. The molecule has 0 spiro atoms. The molecule has 2 rings (SSSR count). The van der Waals surface area contributed by atoms with Crippen LogP contribution in [0.3, 0.4) is 0 Å². The molecule has 0 N–H and O–H groups in total. The zero-order valence-corrected chi connectivity index (χ0v) is 12.8. The van der Waals surface area contributed by atoms with Crippen LogP contribution in [0.25, 0.3) is 0 Å². The van der Waals surface area contributed by atoms with Crippen LogP contribution in [0, 0.1) is 6.92 Å². The summed E-state index contributed by atoms with van der Waals surface area (Å²) in [5, 5.41) is 0. The fourth-order valence-electron chi connectivity index (χ4n) is 1.98. The lowest BCUT2D eigenvalue weighted by atomic mass is 10.2. The normalized spacial score (nSPS) is 11.1. The van der Waals surface area contributed by atoms with Crippen molar-refractivity contribution in [2.45, 2.75) is 18.7 Å². The summed E-state index contributed by atoms with van der Waals surface area (Å²) in [6.07, 6.45) is 0. The van der Waals surface area contributed by atoms with Crippen LogP contribution in [-0.4, -0.2) is 25.2 Å². The van der Waals surface area contributed by atoms with E-state index in [1.54, 1.807) is 49.4 Å². The molecule has 0 bridgehead atoms. The molecule has 0 aromatic heterocycles. The second-order valence-electron chi connectivity index (χ2n) is 4.65. The molecular formula is C16H17NO3S. The van der Waals surface area contributed by atoms with Crippen molar-refractivity contribution < 1.29 is 13.2 Å². The minimum Gasteiger partial charge on any atom is -0.268 e. The molecular weight excluding hydrogens is 286 g/mol. The van der Waals surface area contributed by atoms with Gasteiger partial charge in [0.15, 0.2) is 0 Å². The Balaban J connectivity index is 2.41. The summed E-state index contributed by atoms with van der Waals surface area (Å²) in [4.78, 5) is 12.5. The number of carbonyl (C=O) groups is 1. The molecule has 0 unspecified atom stereocenters. The third-order valence-electron chi connectivity index (χ3n) is 3.14. The molecule has 2 aromatic carbocycles.